The molecule has 26 heavy (non-hydrogen) atoms. The van der Waals surface area contributed by atoms with Crippen molar-refractivity contribution in [1.82, 2.24) is 19.7 Å². The zero-order valence-corrected chi connectivity index (χ0v) is 15.1. The maximum Gasteiger partial charge on any atom is 0.293 e. The van der Waals surface area contributed by atoms with Crippen LogP contribution < -0.4 is 0 Å². The Kier molecular flexibility index (Phi) is 4.32. The number of hydrogen-bond acceptors (Lipinski definition) is 4. The van der Waals surface area contributed by atoms with Gasteiger partial charge in [-0.05, 0) is 51.3 Å². The number of aromatic nitrogens is 3. The summed E-state index contributed by atoms with van der Waals surface area (Å²) in [7, 11) is 0. The first-order valence-corrected chi connectivity index (χ1v) is 9.01. The number of piperidine rings is 1. The number of carbonyl (C=O) groups is 1. The van der Waals surface area contributed by atoms with Crippen molar-refractivity contribution in [2.24, 2.45) is 0 Å². The van der Waals surface area contributed by atoms with Gasteiger partial charge in [-0.3, -0.25) is 4.79 Å². The second kappa shape index (κ2) is 6.78. The van der Waals surface area contributed by atoms with E-state index in [0.29, 0.717) is 5.82 Å². The molecule has 2 aromatic heterocycles. The molecule has 4 rings (SSSR count). The maximum absolute atomic E-state index is 13.0. The van der Waals surface area contributed by atoms with Gasteiger partial charge in [0.25, 0.3) is 5.91 Å². The Hall–Kier alpha value is -2.89. The molecule has 1 atom stereocenters. The van der Waals surface area contributed by atoms with Gasteiger partial charge in [-0.25, -0.2) is 9.67 Å². The second-order valence-corrected chi connectivity index (χ2v) is 6.86. The number of aryl methyl sites for hydroxylation is 1. The summed E-state index contributed by atoms with van der Waals surface area (Å²) in [5.74, 6) is 0.735. The summed E-state index contributed by atoms with van der Waals surface area (Å²) >= 11 is 0. The smallest absolute Gasteiger partial charge is 0.293 e. The van der Waals surface area contributed by atoms with Gasteiger partial charge in [0.15, 0.2) is 5.82 Å². The van der Waals surface area contributed by atoms with Crippen LogP contribution in [0.2, 0.25) is 0 Å². The first kappa shape index (κ1) is 16.6. The summed E-state index contributed by atoms with van der Waals surface area (Å²) in [5.41, 5.74) is 2.83. The fourth-order valence-electron chi connectivity index (χ4n) is 3.38. The largest absolute Gasteiger partial charge is 0.472 e. The SMILES string of the molecule is Cc1ccc(-n2nc(C(=O)N3CCCC[C@@H]3C)nc2-c2ccoc2)cc1. The Morgan fingerprint density at radius 3 is 2.69 bits per heavy atom. The van der Waals surface area contributed by atoms with Gasteiger partial charge in [-0.2, -0.15) is 0 Å². The van der Waals surface area contributed by atoms with Gasteiger partial charge in [0.2, 0.25) is 5.82 Å². The van der Waals surface area contributed by atoms with Crippen molar-refractivity contribution in [1.29, 1.82) is 0 Å². The van der Waals surface area contributed by atoms with E-state index in [2.05, 4.69) is 17.0 Å². The highest BCUT2D eigenvalue weighted by Gasteiger charge is 2.28. The lowest BCUT2D eigenvalue weighted by atomic mass is 10.0. The number of carbonyl (C=O) groups excluding carboxylic acids is 1. The normalized spacial score (nSPS) is 17.5. The number of benzene rings is 1. The van der Waals surface area contributed by atoms with E-state index in [1.54, 1.807) is 17.2 Å². The van der Waals surface area contributed by atoms with Gasteiger partial charge in [0, 0.05) is 12.6 Å². The minimum absolute atomic E-state index is 0.104. The van der Waals surface area contributed by atoms with Crippen LogP contribution in [0.4, 0.5) is 0 Å². The van der Waals surface area contributed by atoms with E-state index in [1.165, 1.54) is 0 Å². The van der Waals surface area contributed by atoms with Crippen LogP contribution in [0.3, 0.4) is 0 Å². The van der Waals surface area contributed by atoms with Crippen molar-refractivity contribution in [2.75, 3.05) is 6.54 Å². The highest BCUT2D eigenvalue weighted by molar-refractivity contribution is 5.91. The number of likely N-dealkylation sites (tertiary alicyclic amines) is 1. The number of hydrogen-bond donors (Lipinski definition) is 0. The molecule has 0 saturated carbocycles. The lowest BCUT2D eigenvalue weighted by molar-refractivity contribution is 0.0623. The predicted molar refractivity (Wildman–Crippen MR) is 98.1 cm³/mol. The van der Waals surface area contributed by atoms with Crippen molar-refractivity contribution in [3.05, 3.63) is 54.2 Å². The molecule has 1 aliphatic heterocycles. The van der Waals surface area contributed by atoms with Gasteiger partial charge < -0.3 is 9.32 Å². The van der Waals surface area contributed by atoms with Gasteiger partial charge in [-0.1, -0.05) is 17.7 Å². The minimum Gasteiger partial charge on any atom is -0.472 e. The minimum atomic E-state index is -0.104. The molecule has 0 bridgehead atoms. The zero-order chi connectivity index (χ0) is 18.1. The average molecular weight is 350 g/mol. The van der Waals surface area contributed by atoms with Crippen LogP contribution in [0, 0.1) is 6.92 Å². The third kappa shape index (κ3) is 3.03. The van der Waals surface area contributed by atoms with E-state index in [0.717, 1.165) is 42.6 Å². The third-order valence-electron chi connectivity index (χ3n) is 4.92. The highest BCUT2D eigenvalue weighted by Crippen LogP contribution is 2.24. The molecule has 3 aromatic rings. The van der Waals surface area contributed by atoms with Gasteiger partial charge >= 0.3 is 0 Å². The lowest BCUT2D eigenvalue weighted by Gasteiger charge is -2.32. The summed E-state index contributed by atoms with van der Waals surface area (Å²) in [6.45, 7) is 4.89. The highest BCUT2D eigenvalue weighted by atomic mass is 16.3. The van der Waals surface area contributed by atoms with Crippen LogP contribution in [0.5, 0.6) is 0 Å². The summed E-state index contributed by atoms with van der Waals surface area (Å²) in [6.07, 6.45) is 6.43. The number of amides is 1. The number of nitrogens with zero attached hydrogens (tertiary/aromatic N) is 4. The second-order valence-electron chi connectivity index (χ2n) is 6.86. The molecule has 1 aliphatic rings. The van der Waals surface area contributed by atoms with E-state index in [-0.39, 0.29) is 17.8 Å². The Morgan fingerprint density at radius 1 is 1.19 bits per heavy atom. The van der Waals surface area contributed by atoms with Crippen LogP contribution in [-0.4, -0.2) is 38.2 Å². The van der Waals surface area contributed by atoms with Crippen molar-refractivity contribution in [3.63, 3.8) is 0 Å². The standard InChI is InChI=1S/C20H22N4O2/c1-14-6-8-17(9-7-14)24-19(16-10-12-26-13-16)21-18(22-24)20(25)23-11-4-3-5-15(23)2/h6-10,12-13,15H,3-5,11H2,1-2H3/t15-/m0/s1. The van der Waals surface area contributed by atoms with E-state index >= 15 is 0 Å². The maximum atomic E-state index is 13.0. The van der Waals surface area contributed by atoms with Gasteiger partial charge in [-0.15, -0.1) is 5.10 Å². The first-order chi connectivity index (χ1) is 12.6. The predicted octanol–water partition coefficient (Wildman–Crippen LogP) is 3.85. The summed E-state index contributed by atoms with van der Waals surface area (Å²) in [4.78, 5) is 19.4. The molecule has 6 nitrogen and oxygen atoms in total. The molecule has 0 spiro atoms. The molecule has 0 radical (unpaired) electrons. The van der Waals surface area contributed by atoms with Crippen LogP contribution in [0.25, 0.3) is 17.1 Å². The van der Waals surface area contributed by atoms with Crippen LogP contribution in [0.15, 0.2) is 47.3 Å². The van der Waals surface area contributed by atoms with E-state index in [1.807, 2.05) is 42.2 Å². The lowest BCUT2D eigenvalue weighted by Crippen LogP contribution is -2.42. The summed E-state index contributed by atoms with van der Waals surface area (Å²) in [6, 6.07) is 10.0. The molecule has 1 amide bonds. The molecule has 0 N–H and O–H groups in total. The summed E-state index contributed by atoms with van der Waals surface area (Å²) in [5, 5.41) is 4.55. The first-order valence-electron chi connectivity index (χ1n) is 9.01. The fraction of sp³-hybridized carbons (Fsp3) is 0.350. The number of rotatable bonds is 3. The molecule has 134 valence electrons. The topological polar surface area (TPSA) is 64.2 Å². The molecule has 0 aliphatic carbocycles. The monoisotopic (exact) mass is 350 g/mol. The Labute approximate surface area is 152 Å². The van der Waals surface area contributed by atoms with E-state index in [9.17, 15) is 4.79 Å². The molecule has 1 aromatic carbocycles. The Balaban J connectivity index is 1.76. The average Bonchev–Trinajstić information content (AvgIpc) is 3.32. The molecule has 3 heterocycles. The van der Waals surface area contributed by atoms with Gasteiger partial charge in [0.05, 0.1) is 17.5 Å². The molecule has 6 heteroatoms. The zero-order valence-electron chi connectivity index (χ0n) is 15.1. The molecular weight excluding hydrogens is 328 g/mol. The van der Waals surface area contributed by atoms with Gasteiger partial charge in [0.1, 0.15) is 6.26 Å². The quantitative estimate of drug-likeness (QED) is 0.720. The Morgan fingerprint density at radius 2 is 2.00 bits per heavy atom. The Bertz CT molecular complexity index is 897. The van der Waals surface area contributed by atoms with Crippen LogP contribution in [-0.2, 0) is 0 Å². The molecule has 0 unspecified atom stereocenters. The molecule has 1 fully saturated rings. The van der Waals surface area contributed by atoms with E-state index < -0.39 is 0 Å². The van der Waals surface area contributed by atoms with Crippen LogP contribution >= 0.6 is 0 Å². The third-order valence-corrected chi connectivity index (χ3v) is 4.92. The van der Waals surface area contributed by atoms with Crippen molar-refractivity contribution < 1.29 is 9.21 Å². The van der Waals surface area contributed by atoms with Crippen LogP contribution in [0.1, 0.15) is 42.4 Å². The number of furan rings is 1. The fourth-order valence-corrected chi connectivity index (χ4v) is 3.38. The van der Waals surface area contributed by atoms with Crippen molar-refractivity contribution in [3.8, 4) is 17.1 Å². The molecular formula is C20H22N4O2. The van der Waals surface area contributed by atoms with E-state index in [4.69, 9.17) is 4.42 Å². The molecule has 1 saturated heterocycles. The summed E-state index contributed by atoms with van der Waals surface area (Å²) < 4.78 is 6.92. The van der Waals surface area contributed by atoms with Crippen molar-refractivity contribution in [2.45, 2.75) is 39.2 Å². The van der Waals surface area contributed by atoms with Crippen molar-refractivity contribution >= 4 is 5.91 Å².